The van der Waals surface area contributed by atoms with Crippen molar-refractivity contribution in [3.63, 3.8) is 0 Å². The van der Waals surface area contributed by atoms with E-state index in [-0.39, 0.29) is 22.6 Å². The molecule has 0 atom stereocenters. The second-order valence-corrected chi connectivity index (χ2v) is 4.11. The van der Waals surface area contributed by atoms with Gasteiger partial charge in [0.25, 0.3) is 0 Å². The standard InChI is InChI=1S/C9H10FNO5S/c1-5-7(11)3-6(9(12)15-2)4-8(5)16-17(10,13)14/h3-4H,11H2,1-2H3. The molecule has 0 saturated heterocycles. The van der Waals surface area contributed by atoms with Gasteiger partial charge in [-0.15, -0.1) is 0 Å². The number of hydrogen-bond donors (Lipinski definition) is 1. The van der Waals surface area contributed by atoms with E-state index in [2.05, 4.69) is 8.92 Å². The molecule has 1 aromatic rings. The Hall–Kier alpha value is -1.83. The minimum Gasteiger partial charge on any atom is -0.465 e. The first-order valence-electron chi connectivity index (χ1n) is 4.37. The second kappa shape index (κ2) is 4.58. The Morgan fingerprint density at radius 2 is 2.00 bits per heavy atom. The van der Waals surface area contributed by atoms with Gasteiger partial charge in [-0.1, -0.05) is 3.89 Å². The summed E-state index contributed by atoms with van der Waals surface area (Å²) in [6.45, 7) is 1.43. The number of halogens is 1. The molecule has 0 unspecified atom stereocenters. The SMILES string of the molecule is COC(=O)c1cc(N)c(C)c(OS(=O)(=O)F)c1. The number of esters is 1. The Kier molecular flexibility index (Phi) is 3.56. The van der Waals surface area contributed by atoms with E-state index in [0.717, 1.165) is 13.2 Å². The first-order chi connectivity index (χ1) is 7.74. The van der Waals surface area contributed by atoms with Crippen molar-refractivity contribution >= 4 is 22.2 Å². The van der Waals surface area contributed by atoms with E-state index in [1.807, 2.05) is 0 Å². The number of carbonyl (C=O) groups is 1. The summed E-state index contributed by atoms with van der Waals surface area (Å²) in [5.74, 6) is -1.09. The smallest absolute Gasteiger partial charge is 0.465 e. The van der Waals surface area contributed by atoms with Crippen LogP contribution in [-0.2, 0) is 15.2 Å². The number of hydrogen-bond acceptors (Lipinski definition) is 6. The van der Waals surface area contributed by atoms with Crippen LogP contribution in [0.2, 0.25) is 0 Å². The summed E-state index contributed by atoms with van der Waals surface area (Å²) < 4.78 is 41.6. The molecular formula is C9H10FNO5S. The maximum atomic E-state index is 12.4. The van der Waals surface area contributed by atoms with Crippen molar-refractivity contribution in [2.45, 2.75) is 6.92 Å². The van der Waals surface area contributed by atoms with Crippen LogP contribution in [0.25, 0.3) is 0 Å². The van der Waals surface area contributed by atoms with Gasteiger partial charge >= 0.3 is 16.5 Å². The van der Waals surface area contributed by atoms with Crippen molar-refractivity contribution in [3.05, 3.63) is 23.3 Å². The van der Waals surface area contributed by atoms with Crippen LogP contribution in [-0.4, -0.2) is 21.5 Å². The van der Waals surface area contributed by atoms with Gasteiger partial charge in [-0.2, -0.15) is 8.42 Å². The highest BCUT2D eigenvalue weighted by atomic mass is 32.3. The molecule has 0 fully saturated rings. The number of anilines is 1. The molecule has 0 aliphatic heterocycles. The van der Waals surface area contributed by atoms with Gasteiger partial charge < -0.3 is 14.7 Å². The number of methoxy groups -OCH3 is 1. The highest BCUT2D eigenvalue weighted by Gasteiger charge is 2.17. The van der Waals surface area contributed by atoms with Crippen LogP contribution < -0.4 is 9.92 Å². The molecule has 6 nitrogen and oxygen atoms in total. The molecule has 1 aromatic carbocycles. The van der Waals surface area contributed by atoms with Crippen LogP contribution >= 0.6 is 0 Å². The van der Waals surface area contributed by atoms with Crippen molar-refractivity contribution in [2.24, 2.45) is 0 Å². The fourth-order valence-corrected chi connectivity index (χ4v) is 1.53. The quantitative estimate of drug-likeness (QED) is 0.495. The van der Waals surface area contributed by atoms with Gasteiger partial charge in [0.15, 0.2) is 5.75 Å². The van der Waals surface area contributed by atoms with E-state index in [4.69, 9.17) is 5.73 Å². The van der Waals surface area contributed by atoms with Crippen LogP contribution in [0, 0.1) is 6.92 Å². The molecule has 0 aliphatic carbocycles. The van der Waals surface area contributed by atoms with E-state index in [1.54, 1.807) is 0 Å². The lowest BCUT2D eigenvalue weighted by Gasteiger charge is -2.09. The average Bonchev–Trinajstić information content (AvgIpc) is 2.21. The molecule has 94 valence electrons. The van der Waals surface area contributed by atoms with E-state index < -0.39 is 16.5 Å². The number of nitrogen functional groups attached to an aromatic ring is 1. The zero-order valence-corrected chi connectivity index (χ0v) is 9.88. The maximum absolute atomic E-state index is 12.4. The van der Waals surface area contributed by atoms with Gasteiger partial charge in [0.2, 0.25) is 0 Å². The van der Waals surface area contributed by atoms with Crippen LogP contribution in [0.4, 0.5) is 9.57 Å². The molecule has 0 saturated carbocycles. The topological polar surface area (TPSA) is 95.7 Å². The monoisotopic (exact) mass is 263 g/mol. The number of carbonyl (C=O) groups excluding carboxylic acids is 1. The number of rotatable bonds is 3. The Bertz CT molecular complexity index is 555. The maximum Gasteiger partial charge on any atom is 0.488 e. The summed E-state index contributed by atoms with van der Waals surface area (Å²) in [6, 6.07) is 2.31. The van der Waals surface area contributed by atoms with Crippen molar-refractivity contribution in [1.82, 2.24) is 0 Å². The van der Waals surface area contributed by atoms with Gasteiger partial charge in [-0.05, 0) is 19.1 Å². The van der Waals surface area contributed by atoms with Crippen molar-refractivity contribution < 1.29 is 26.0 Å². The summed E-state index contributed by atoms with van der Waals surface area (Å²) >= 11 is 0. The fraction of sp³-hybridized carbons (Fsp3) is 0.222. The number of benzene rings is 1. The predicted octanol–water partition coefficient (Wildman–Crippen LogP) is 0.957. The lowest BCUT2D eigenvalue weighted by Crippen LogP contribution is -2.08. The first kappa shape index (κ1) is 13.2. The lowest BCUT2D eigenvalue weighted by molar-refractivity contribution is 0.0600. The number of ether oxygens (including phenoxy) is 1. The minimum absolute atomic E-state index is 0.0331. The highest BCUT2D eigenvalue weighted by molar-refractivity contribution is 7.81. The van der Waals surface area contributed by atoms with Gasteiger partial charge in [0.1, 0.15) is 0 Å². The molecule has 0 amide bonds. The van der Waals surface area contributed by atoms with E-state index in [1.165, 1.54) is 13.0 Å². The molecule has 0 heterocycles. The lowest BCUT2D eigenvalue weighted by atomic mass is 10.1. The second-order valence-electron chi connectivity index (χ2n) is 3.16. The molecule has 1 rings (SSSR count). The fourth-order valence-electron chi connectivity index (χ4n) is 1.14. The first-order valence-corrected chi connectivity index (χ1v) is 5.68. The zero-order chi connectivity index (χ0) is 13.2. The van der Waals surface area contributed by atoms with Gasteiger partial charge in [0, 0.05) is 11.3 Å². The summed E-state index contributed by atoms with van der Waals surface area (Å²) in [4.78, 5) is 11.2. The molecule has 0 spiro atoms. The summed E-state index contributed by atoms with van der Waals surface area (Å²) in [5.41, 5.74) is 5.79. The van der Waals surface area contributed by atoms with Crippen molar-refractivity contribution in [3.8, 4) is 5.75 Å². The van der Waals surface area contributed by atoms with E-state index in [0.29, 0.717) is 0 Å². The summed E-state index contributed by atoms with van der Waals surface area (Å²) in [7, 11) is -4.03. The average molecular weight is 263 g/mol. The van der Waals surface area contributed by atoms with Gasteiger partial charge in [-0.25, -0.2) is 4.79 Å². The molecular weight excluding hydrogens is 253 g/mol. The van der Waals surface area contributed by atoms with E-state index in [9.17, 15) is 17.1 Å². The zero-order valence-electron chi connectivity index (χ0n) is 9.06. The third-order valence-electron chi connectivity index (χ3n) is 2.01. The van der Waals surface area contributed by atoms with Crippen molar-refractivity contribution in [2.75, 3.05) is 12.8 Å². The largest absolute Gasteiger partial charge is 0.488 e. The highest BCUT2D eigenvalue weighted by Crippen LogP contribution is 2.27. The third-order valence-corrected chi connectivity index (χ3v) is 2.39. The van der Waals surface area contributed by atoms with Gasteiger partial charge in [-0.3, -0.25) is 0 Å². The van der Waals surface area contributed by atoms with Crippen LogP contribution in [0.3, 0.4) is 0 Å². The molecule has 0 radical (unpaired) electrons. The normalized spacial score (nSPS) is 11.0. The third kappa shape index (κ3) is 3.31. The Morgan fingerprint density at radius 3 is 2.47 bits per heavy atom. The summed E-state index contributed by atoms with van der Waals surface area (Å²) in [6.07, 6.45) is 0. The van der Waals surface area contributed by atoms with Crippen LogP contribution in [0.5, 0.6) is 5.75 Å². The Labute approximate surface area is 97.6 Å². The van der Waals surface area contributed by atoms with Crippen LogP contribution in [0.15, 0.2) is 12.1 Å². The van der Waals surface area contributed by atoms with Crippen molar-refractivity contribution in [1.29, 1.82) is 0 Å². The molecule has 2 N–H and O–H groups in total. The van der Waals surface area contributed by atoms with Crippen LogP contribution in [0.1, 0.15) is 15.9 Å². The number of nitrogens with two attached hydrogens (primary N) is 1. The Morgan fingerprint density at radius 1 is 1.41 bits per heavy atom. The predicted molar refractivity (Wildman–Crippen MR) is 57.6 cm³/mol. The molecule has 0 aromatic heterocycles. The molecule has 0 aliphatic rings. The Balaban J connectivity index is 3.30. The minimum atomic E-state index is -5.17. The summed E-state index contributed by atoms with van der Waals surface area (Å²) in [5, 5.41) is 0. The molecule has 8 heteroatoms. The van der Waals surface area contributed by atoms with E-state index >= 15 is 0 Å². The van der Waals surface area contributed by atoms with Gasteiger partial charge in [0.05, 0.1) is 12.7 Å². The molecule has 17 heavy (non-hydrogen) atoms. The molecule has 0 bridgehead atoms.